The largest absolute Gasteiger partial charge is 0.497 e. The number of aliphatic hydroxyl groups is 3. The number of methoxy groups -OCH3 is 1. The summed E-state index contributed by atoms with van der Waals surface area (Å²) in [5.74, 6) is 0.735. The average Bonchev–Trinajstić information content (AvgIpc) is 2.56. The summed E-state index contributed by atoms with van der Waals surface area (Å²) in [5, 5.41) is 32.1. The molecule has 4 atom stereocenters. The molecule has 1 aliphatic heterocycles. The molecule has 1 aromatic rings. The topological polar surface area (TPSA) is 73.2 Å². The molecule has 0 amide bonds. The van der Waals surface area contributed by atoms with Crippen molar-refractivity contribution < 1.29 is 20.1 Å². The van der Waals surface area contributed by atoms with E-state index in [0.717, 1.165) is 17.9 Å². The maximum Gasteiger partial charge on any atom is 0.119 e. The molecule has 2 aliphatic rings. The first-order valence-electron chi connectivity index (χ1n) is 8.50. The molecule has 3 N–H and O–H groups in total. The summed E-state index contributed by atoms with van der Waals surface area (Å²) in [6.45, 7) is 5.75. The molecule has 1 saturated heterocycles. The van der Waals surface area contributed by atoms with Gasteiger partial charge in [-0.2, -0.15) is 0 Å². The zero-order valence-electron chi connectivity index (χ0n) is 14.2. The summed E-state index contributed by atoms with van der Waals surface area (Å²) >= 11 is 0. The Balaban J connectivity index is 2.04. The second-order valence-electron chi connectivity index (χ2n) is 7.16. The van der Waals surface area contributed by atoms with Crippen LogP contribution in [0.25, 0.3) is 0 Å². The molecule has 1 heterocycles. The highest BCUT2D eigenvalue weighted by Gasteiger charge is 2.59. The molecule has 0 radical (unpaired) electrons. The van der Waals surface area contributed by atoms with E-state index in [0.29, 0.717) is 25.9 Å². The van der Waals surface area contributed by atoms with Crippen molar-refractivity contribution in [2.75, 3.05) is 26.7 Å². The fraction of sp³-hybridized carbons (Fsp3) is 0.579. The number of rotatable bonds is 4. The van der Waals surface area contributed by atoms with Crippen LogP contribution in [0.3, 0.4) is 0 Å². The van der Waals surface area contributed by atoms with Crippen LogP contribution >= 0.6 is 0 Å². The molecule has 2 fully saturated rings. The lowest BCUT2D eigenvalue weighted by Gasteiger charge is -2.58. The Hall–Kier alpha value is -1.40. The molecule has 1 aliphatic carbocycles. The number of likely N-dealkylation sites (tertiary alicyclic amines) is 1. The van der Waals surface area contributed by atoms with Crippen molar-refractivity contribution in [2.24, 2.45) is 0 Å². The van der Waals surface area contributed by atoms with Crippen LogP contribution in [0.1, 0.15) is 24.8 Å². The van der Waals surface area contributed by atoms with Crippen LogP contribution in [-0.2, 0) is 5.41 Å². The first-order chi connectivity index (χ1) is 11.4. The van der Waals surface area contributed by atoms with Gasteiger partial charge < -0.3 is 20.1 Å². The normalized spacial score (nSPS) is 36.8. The van der Waals surface area contributed by atoms with E-state index in [4.69, 9.17) is 4.74 Å². The minimum atomic E-state index is -1.10. The van der Waals surface area contributed by atoms with E-state index in [1.165, 1.54) is 0 Å². The Morgan fingerprint density at radius 2 is 2.08 bits per heavy atom. The molecule has 1 aromatic carbocycles. The molecular formula is C19H27NO4. The Morgan fingerprint density at radius 3 is 2.79 bits per heavy atom. The number of hydrogen-bond acceptors (Lipinski definition) is 5. The molecule has 132 valence electrons. The van der Waals surface area contributed by atoms with Crippen LogP contribution in [0.4, 0.5) is 0 Å². The third kappa shape index (κ3) is 2.75. The number of ether oxygens (including phenoxy) is 1. The van der Waals surface area contributed by atoms with Gasteiger partial charge in [-0.3, -0.25) is 4.90 Å². The molecule has 24 heavy (non-hydrogen) atoms. The van der Waals surface area contributed by atoms with Crippen LogP contribution in [0, 0.1) is 0 Å². The van der Waals surface area contributed by atoms with E-state index >= 15 is 0 Å². The van der Waals surface area contributed by atoms with Crippen molar-refractivity contribution in [2.45, 2.75) is 42.5 Å². The minimum absolute atomic E-state index is 0.166. The third-order valence-electron chi connectivity index (χ3n) is 5.79. The highest BCUT2D eigenvalue weighted by Crippen LogP contribution is 2.52. The molecule has 1 saturated carbocycles. The van der Waals surface area contributed by atoms with E-state index in [-0.39, 0.29) is 6.42 Å². The van der Waals surface area contributed by atoms with Gasteiger partial charge in [0.15, 0.2) is 0 Å². The Kier molecular flexibility index (Phi) is 4.71. The number of fused-ring (bicyclic) bond motifs is 1. The maximum atomic E-state index is 11.6. The van der Waals surface area contributed by atoms with Gasteiger partial charge >= 0.3 is 0 Å². The van der Waals surface area contributed by atoms with Gasteiger partial charge in [0.1, 0.15) is 5.75 Å². The van der Waals surface area contributed by atoms with Gasteiger partial charge in [-0.15, -0.1) is 6.58 Å². The van der Waals surface area contributed by atoms with Gasteiger partial charge in [-0.25, -0.2) is 0 Å². The Bertz CT molecular complexity index is 607. The van der Waals surface area contributed by atoms with Crippen molar-refractivity contribution >= 4 is 0 Å². The molecule has 4 unspecified atom stereocenters. The zero-order chi connectivity index (χ0) is 17.4. The predicted octanol–water partition coefficient (Wildman–Crippen LogP) is 1.07. The lowest BCUT2D eigenvalue weighted by molar-refractivity contribution is -0.177. The molecular weight excluding hydrogens is 306 g/mol. The van der Waals surface area contributed by atoms with E-state index in [1.54, 1.807) is 7.11 Å². The van der Waals surface area contributed by atoms with Crippen molar-refractivity contribution in [3.8, 4) is 5.75 Å². The smallest absolute Gasteiger partial charge is 0.119 e. The number of nitrogens with zero attached hydrogens (tertiary/aromatic N) is 1. The summed E-state index contributed by atoms with van der Waals surface area (Å²) in [4.78, 5) is 2.15. The second-order valence-corrected chi connectivity index (χ2v) is 7.16. The fourth-order valence-corrected chi connectivity index (χ4v) is 4.50. The maximum absolute atomic E-state index is 11.6. The van der Waals surface area contributed by atoms with Crippen LogP contribution in [-0.4, -0.2) is 64.8 Å². The van der Waals surface area contributed by atoms with Gasteiger partial charge in [0, 0.05) is 24.9 Å². The van der Waals surface area contributed by atoms with Crippen LogP contribution in [0.5, 0.6) is 5.75 Å². The summed E-state index contributed by atoms with van der Waals surface area (Å²) in [7, 11) is 1.62. The quantitative estimate of drug-likeness (QED) is 0.719. The summed E-state index contributed by atoms with van der Waals surface area (Å²) in [6, 6.07) is 7.72. The lowest BCUT2D eigenvalue weighted by Crippen LogP contribution is -2.68. The highest BCUT2D eigenvalue weighted by molar-refractivity contribution is 5.39. The van der Waals surface area contributed by atoms with Crippen LogP contribution < -0.4 is 4.74 Å². The average molecular weight is 333 g/mol. The molecule has 0 spiro atoms. The van der Waals surface area contributed by atoms with E-state index in [1.807, 2.05) is 30.3 Å². The predicted molar refractivity (Wildman–Crippen MR) is 92.1 cm³/mol. The van der Waals surface area contributed by atoms with Gasteiger partial charge in [-0.1, -0.05) is 18.2 Å². The lowest BCUT2D eigenvalue weighted by atomic mass is 9.55. The van der Waals surface area contributed by atoms with Crippen molar-refractivity contribution in [1.29, 1.82) is 0 Å². The summed E-state index contributed by atoms with van der Waals surface area (Å²) in [5.41, 5.74) is -0.717. The second kappa shape index (κ2) is 6.48. The van der Waals surface area contributed by atoms with Gasteiger partial charge in [-0.05, 0) is 37.1 Å². The molecule has 0 bridgehead atoms. The molecule has 5 heteroatoms. The number of piperidine rings is 1. The highest BCUT2D eigenvalue weighted by atomic mass is 16.5. The zero-order valence-corrected chi connectivity index (χ0v) is 14.2. The van der Waals surface area contributed by atoms with Gasteiger partial charge in [0.2, 0.25) is 0 Å². The Labute approximate surface area is 143 Å². The number of hydrogen-bond donors (Lipinski definition) is 3. The number of β-amino-alcohol motifs (C(OH)–C–C–N with tert-alkyl or cyclic N) is 1. The van der Waals surface area contributed by atoms with Crippen LogP contribution in [0.2, 0.25) is 0 Å². The standard InChI is InChI=1S/C19H27NO4/c1-3-8-20-9-7-18(14-5-4-6-15(10-14)24-2)11-16(21)17(22)12-19(18,23)13-20/h3-6,10,16-17,21-23H,1,7-9,11-13H2,2H3. The Morgan fingerprint density at radius 1 is 1.33 bits per heavy atom. The van der Waals surface area contributed by atoms with Crippen molar-refractivity contribution in [3.05, 3.63) is 42.5 Å². The number of benzene rings is 1. The monoisotopic (exact) mass is 333 g/mol. The summed E-state index contributed by atoms with van der Waals surface area (Å²) < 4.78 is 5.35. The van der Waals surface area contributed by atoms with Gasteiger partial charge in [0.05, 0.1) is 24.9 Å². The van der Waals surface area contributed by atoms with E-state index in [9.17, 15) is 15.3 Å². The van der Waals surface area contributed by atoms with Gasteiger partial charge in [0.25, 0.3) is 0 Å². The van der Waals surface area contributed by atoms with Crippen molar-refractivity contribution in [1.82, 2.24) is 4.90 Å². The fourth-order valence-electron chi connectivity index (χ4n) is 4.50. The molecule has 3 rings (SSSR count). The van der Waals surface area contributed by atoms with Crippen LogP contribution in [0.15, 0.2) is 36.9 Å². The number of aliphatic hydroxyl groups excluding tert-OH is 2. The third-order valence-corrected chi connectivity index (χ3v) is 5.79. The summed E-state index contributed by atoms with van der Waals surface area (Å²) in [6.07, 6.45) is 1.32. The van der Waals surface area contributed by atoms with E-state index < -0.39 is 23.2 Å². The first-order valence-corrected chi connectivity index (χ1v) is 8.50. The molecule has 0 aromatic heterocycles. The molecule has 5 nitrogen and oxygen atoms in total. The SMILES string of the molecule is C=CCN1CCC2(c3cccc(OC)c3)CC(O)C(O)CC2(O)C1. The first kappa shape index (κ1) is 17.4. The van der Waals surface area contributed by atoms with E-state index in [2.05, 4.69) is 11.5 Å². The van der Waals surface area contributed by atoms with Crippen molar-refractivity contribution in [3.63, 3.8) is 0 Å². The minimum Gasteiger partial charge on any atom is -0.497 e.